The van der Waals surface area contributed by atoms with Crippen LogP contribution in [0.2, 0.25) is 0 Å². The molecular formula is C28H28F4N4O5S. The van der Waals surface area contributed by atoms with Gasteiger partial charge in [-0.25, -0.2) is 12.8 Å². The quantitative estimate of drug-likeness (QED) is 0.504. The normalized spacial score (nSPS) is 19.6. The van der Waals surface area contributed by atoms with Crippen molar-refractivity contribution in [2.75, 3.05) is 26.2 Å². The van der Waals surface area contributed by atoms with E-state index >= 15 is 0 Å². The van der Waals surface area contributed by atoms with Gasteiger partial charge in [0.25, 0.3) is 11.8 Å². The number of amidine groups is 1. The molecule has 0 radical (unpaired) electrons. The van der Waals surface area contributed by atoms with Crippen molar-refractivity contribution in [2.24, 2.45) is 4.99 Å². The van der Waals surface area contributed by atoms with Crippen LogP contribution in [0.1, 0.15) is 45.5 Å². The third-order valence-corrected chi connectivity index (χ3v) is 9.17. The number of hydrogen-bond acceptors (Lipinski definition) is 6. The number of alkyl halides is 4. The maximum absolute atomic E-state index is 13.2. The van der Waals surface area contributed by atoms with Crippen LogP contribution in [0.5, 0.6) is 5.75 Å². The van der Waals surface area contributed by atoms with Gasteiger partial charge in [0.1, 0.15) is 23.3 Å². The number of ether oxygens (including phenoxy) is 1. The van der Waals surface area contributed by atoms with Gasteiger partial charge in [-0.2, -0.15) is 4.31 Å². The number of carbonyl (C=O) groups is 2. The summed E-state index contributed by atoms with van der Waals surface area (Å²) in [5.41, 5.74) is 1.42. The minimum Gasteiger partial charge on any atom is -0.406 e. The summed E-state index contributed by atoms with van der Waals surface area (Å²) in [6, 6.07) is 8.38. The van der Waals surface area contributed by atoms with E-state index in [0.717, 1.165) is 17.5 Å². The molecule has 3 heterocycles. The lowest BCUT2D eigenvalue weighted by Crippen LogP contribution is -2.51. The molecule has 2 aromatic rings. The number of sulfonamides is 1. The molecule has 1 N–H and O–H groups in total. The summed E-state index contributed by atoms with van der Waals surface area (Å²) in [7, 11) is -3.88. The van der Waals surface area contributed by atoms with Gasteiger partial charge >= 0.3 is 6.36 Å². The second kappa shape index (κ2) is 10.8. The lowest BCUT2D eigenvalue weighted by molar-refractivity contribution is -0.274. The molecule has 5 rings (SSSR count). The SMILES string of the molecule is Cc1cc(C(=O)N2CC(F)C2)cc(C)c1/C=C/S(=O)(=O)N1CCC2(CC1)N=C(c1cccc(OC(F)(F)F)c1)NC2=O. The lowest BCUT2D eigenvalue weighted by Gasteiger charge is -2.34. The van der Waals surface area contributed by atoms with E-state index in [-0.39, 0.29) is 56.3 Å². The minimum absolute atomic E-state index is 0.00486. The van der Waals surface area contributed by atoms with Gasteiger partial charge in [-0.15, -0.1) is 13.2 Å². The summed E-state index contributed by atoms with van der Waals surface area (Å²) < 4.78 is 82.5. The van der Waals surface area contributed by atoms with E-state index in [0.29, 0.717) is 22.3 Å². The third kappa shape index (κ3) is 6.04. The highest BCUT2D eigenvalue weighted by atomic mass is 32.2. The number of piperidine rings is 1. The molecule has 224 valence electrons. The van der Waals surface area contributed by atoms with Gasteiger partial charge in [-0.05, 0) is 73.7 Å². The van der Waals surface area contributed by atoms with Gasteiger partial charge < -0.3 is 15.0 Å². The molecule has 2 amide bonds. The molecular weight excluding hydrogens is 580 g/mol. The average molecular weight is 609 g/mol. The van der Waals surface area contributed by atoms with E-state index in [1.807, 2.05) is 0 Å². The van der Waals surface area contributed by atoms with Crippen LogP contribution in [0.15, 0.2) is 46.8 Å². The maximum atomic E-state index is 13.2. The number of nitrogens with one attached hydrogen (secondary N) is 1. The molecule has 0 unspecified atom stereocenters. The molecule has 3 aliphatic rings. The lowest BCUT2D eigenvalue weighted by atomic mass is 9.89. The number of benzene rings is 2. The molecule has 0 saturated carbocycles. The largest absolute Gasteiger partial charge is 0.573 e. The summed E-state index contributed by atoms with van der Waals surface area (Å²) in [5, 5.41) is 3.69. The molecule has 9 nitrogen and oxygen atoms in total. The van der Waals surface area contributed by atoms with E-state index in [4.69, 9.17) is 0 Å². The molecule has 2 saturated heterocycles. The zero-order valence-corrected chi connectivity index (χ0v) is 23.6. The van der Waals surface area contributed by atoms with Gasteiger partial charge in [0, 0.05) is 29.6 Å². The molecule has 0 bridgehead atoms. The predicted molar refractivity (Wildman–Crippen MR) is 146 cm³/mol. The van der Waals surface area contributed by atoms with Crippen LogP contribution in [0.3, 0.4) is 0 Å². The Kier molecular flexibility index (Phi) is 7.64. The van der Waals surface area contributed by atoms with E-state index in [9.17, 15) is 35.6 Å². The second-order valence-electron chi connectivity index (χ2n) is 10.6. The van der Waals surface area contributed by atoms with Gasteiger partial charge in [0.05, 0.1) is 13.1 Å². The monoisotopic (exact) mass is 608 g/mol. The number of amides is 2. The van der Waals surface area contributed by atoms with Crippen LogP contribution >= 0.6 is 0 Å². The van der Waals surface area contributed by atoms with Crippen molar-refractivity contribution < 1.29 is 40.3 Å². The van der Waals surface area contributed by atoms with Crippen LogP contribution < -0.4 is 10.1 Å². The Labute approximate surface area is 239 Å². The predicted octanol–water partition coefficient (Wildman–Crippen LogP) is 3.71. The summed E-state index contributed by atoms with van der Waals surface area (Å²) in [6.07, 6.45) is -4.25. The fourth-order valence-corrected chi connectivity index (χ4v) is 6.49. The highest BCUT2D eigenvalue weighted by molar-refractivity contribution is 7.92. The Hall–Kier alpha value is -3.78. The maximum Gasteiger partial charge on any atom is 0.573 e. The molecule has 2 fully saturated rings. The average Bonchev–Trinajstić information content (AvgIpc) is 3.20. The molecule has 14 heteroatoms. The van der Waals surface area contributed by atoms with Gasteiger partial charge in [0.15, 0.2) is 0 Å². The molecule has 42 heavy (non-hydrogen) atoms. The van der Waals surface area contributed by atoms with Crippen molar-refractivity contribution in [1.82, 2.24) is 14.5 Å². The molecule has 1 spiro atoms. The first-order valence-corrected chi connectivity index (χ1v) is 14.7. The van der Waals surface area contributed by atoms with E-state index in [2.05, 4.69) is 15.0 Å². The zero-order valence-electron chi connectivity index (χ0n) is 22.7. The Morgan fingerprint density at radius 2 is 1.76 bits per heavy atom. The highest BCUT2D eigenvalue weighted by Gasteiger charge is 2.47. The summed E-state index contributed by atoms with van der Waals surface area (Å²) in [5.74, 6) is -1.09. The molecule has 0 aromatic heterocycles. The Bertz CT molecular complexity index is 1570. The van der Waals surface area contributed by atoms with Crippen molar-refractivity contribution in [1.29, 1.82) is 0 Å². The first kappa shape index (κ1) is 29.7. The van der Waals surface area contributed by atoms with Crippen LogP contribution in [0.4, 0.5) is 17.6 Å². The number of hydrogen-bond donors (Lipinski definition) is 1. The highest BCUT2D eigenvalue weighted by Crippen LogP contribution is 2.33. The minimum atomic E-state index is -4.87. The first-order valence-electron chi connectivity index (χ1n) is 13.2. The number of halogens is 4. The van der Waals surface area contributed by atoms with E-state index in [1.54, 1.807) is 26.0 Å². The van der Waals surface area contributed by atoms with Crippen LogP contribution in [-0.4, -0.2) is 79.5 Å². The van der Waals surface area contributed by atoms with Gasteiger partial charge in [0.2, 0.25) is 10.0 Å². The summed E-state index contributed by atoms with van der Waals surface area (Å²) in [6.45, 7) is 3.65. The number of carbonyl (C=O) groups excluding carboxylic acids is 2. The smallest absolute Gasteiger partial charge is 0.406 e. The van der Waals surface area contributed by atoms with E-state index in [1.165, 1.54) is 27.4 Å². The zero-order chi connectivity index (χ0) is 30.4. The standard InChI is InChI=1S/C28H28F4N4O5S/c1-17-12-20(25(37)35-15-21(29)16-35)13-18(2)23(17)6-11-42(39,40)36-9-7-27(8-10-36)26(38)33-24(34-27)19-4-3-5-22(14-19)41-28(30,31)32/h3-6,11-14,21H,7-10,15-16H2,1-2H3,(H,33,34,38)/b11-6+. The van der Waals surface area contributed by atoms with Crippen molar-refractivity contribution >= 4 is 33.7 Å². The van der Waals surface area contributed by atoms with Crippen molar-refractivity contribution in [3.8, 4) is 5.75 Å². The van der Waals surface area contributed by atoms with Crippen LogP contribution in [0.25, 0.3) is 6.08 Å². The molecule has 0 aliphatic carbocycles. The Morgan fingerprint density at radius 3 is 2.36 bits per heavy atom. The first-order chi connectivity index (χ1) is 19.7. The number of rotatable bonds is 6. The fourth-order valence-electron chi connectivity index (χ4n) is 5.32. The molecule has 0 atom stereocenters. The van der Waals surface area contributed by atoms with Crippen molar-refractivity contribution in [2.45, 2.75) is 44.8 Å². The Morgan fingerprint density at radius 1 is 1.12 bits per heavy atom. The number of aliphatic imine (C=N–C) groups is 1. The topological polar surface area (TPSA) is 108 Å². The van der Waals surface area contributed by atoms with Gasteiger partial charge in [-0.3, -0.25) is 14.6 Å². The second-order valence-corrected chi connectivity index (χ2v) is 12.4. The fraction of sp³-hybridized carbons (Fsp3) is 0.393. The molecule has 2 aromatic carbocycles. The molecule has 3 aliphatic heterocycles. The summed E-state index contributed by atoms with van der Waals surface area (Å²) in [4.78, 5) is 31.3. The summed E-state index contributed by atoms with van der Waals surface area (Å²) >= 11 is 0. The number of likely N-dealkylation sites (tertiary alicyclic amines) is 1. The number of nitrogens with zero attached hydrogens (tertiary/aromatic N) is 3. The van der Waals surface area contributed by atoms with E-state index < -0.39 is 39.8 Å². The van der Waals surface area contributed by atoms with Crippen LogP contribution in [-0.2, 0) is 14.8 Å². The Balaban J connectivity index is 1.26. The van der Waals surface area contributed by atoms with Crippen LogP contribution in [0, 0.1) is 13.8 Å². The number of aryl methyl sites for hydroxylation is 2. The van der Waals surface area contributed by atoms with Crippen molar-refractivity contribution in [3.05, 3.63) is 69.6 Å². The third-order valence-electron chi connectivity index (χ3n) is 7.60. The van der Waals surface area contributed by atoms with Crippen molar-refractivity contribution in [3.63, 3.8) is 0 Å². The van der Waals surface area contributed by atoms with Gasteiger partial charge in [-0.1, -0.05) is 12.1 Å².